The Bertz CT molecular complexity index is 671. The number of hydrogen-bond acceptors (Lipinski definition) is 2. The van der Waals surface area contributed by atoms with Crippen molar-refractivity contribution in [2.45, 2.75) is 51.6 Å². The number of anilines is 1. The summed E-state index contributed by atoms with van der Waals surface area (Å²) in [5.74, 6) is 0.209. The summed E-state index contributed by atoms with van der Waals surface area (Å²) in [6.45, 7) is 4.89. The first-order chi connectivity index (χ1) is 12.8. The van der Waals surface area contributed by atoms with E-state index in [-0.39, 0.29) is 5.91 Å². The molecule has 1 heterocycles. The summed E-state index contributed by atoms with van der Waals surface area (Å²) in [4.78, 5) is 17.5. The average Bonchev–Trinajstić information content (AvgIpc) is 2.72. The first kappa shape index (κ1) is 18.7. The van der Waals surface area contributed by atoms with Crippen LogP contribution in [0.25, 0.3) is 0 Å². The molecule has 1 unspecified atom stereocenters. The summed E-state index contributed by atoms with van der Waals surface area (Å²) in [5, 5.41) is 0. The lowest BCUT2D eigenvalue weighted by atomic mass is 10.00. The van der Waals surface area contributed by atoms with Crippen LogP contribution in [0.2, 0.25) is 0 Å². The molecule has 0 saturated carbocycles. The summed E-state index contributed by atoms with van der Waals surface area (Å²) >= 11 is 0. The van der Waals surface area contributed by atoms with Crippen LogP contribution in [-0.2, 0) is 11.3 Å². The fourth-order valence-corrected chi connectivity index (χ4v) is 3.89. The van der Waals surface area contributed by atoms with Crippen molar-refractivity contribution in [2.75, 3.05) is 18.0 Å². The van der Waals surface area contributed by atoms with Crippen LogP contribution in [0.5, 0.6) is 0 Å². The molecule has 3 nitrogen and oxygen atoms in total. The van der Waals surface area contributed by atoms with Gasteiger partial charge >= 0.3 is 0 Å². The van der Waals surface area contributed by atoms with Crippen molar-refractivity contribution in [2.24, 2.45) is 0 Å². The molecule has 0 N–H and O–H groups in total. The molecule has 2 aromatic rings. The van der Waals surface area contributed by atoms with Gasteiger partial charge in [0.2, 0.25) is 5.91 Å². The molecule has 1 fully saturated rings. The van der Waals surface area contributed by atoms with Gasteiger partial charge in [-0.25, -0.2) is 0 Å². The molecule has 138 valence electrons. The molecule has 26 heavy (non-hydrogen) atoms. The lowest BCUT2D eigenvalue weighted by Gasteiger charge is -2.35. The Balaban J connectivity index is 1.68. The molecule has 0 aliphatic carbocycles. The molecule has 1 atom stereocenters. The highest BCUT2D eigenvalue weighted by molar-refractivity contribution is 5.93. The minimum absolute atomic E-state index is 0.209. The van der Waals surface area contributed by atoms with Crippen LogP contribution in [0.1, 0.15) is 44.6 Å². The van der Waals surface area contributed by atoms with Gasteiger partial charge in [0.1, 0.15) is 0 Å². The van der Waals surface area contributed by atoms with Crippen molar-refractivity contribution in [3.63, 3.8) is 0 Å². The Morgan fingerprint density at radius 3 is 2.42 bits per heavy atom. The maximum atomic E-state index is 13.1. The van der Waals surface area contributed by atoms with Crippen molar-refractivity contribution < 1.29 is 4.79 Å². The molecule has 0 bridgehead atoms. The fraction of sp³-hybridized carbons (Fsp3) is 0.435. The fourth-order valence-electron chi connectivity index (χ4n) is 3.89. The highest BCUT2D eigenvalue weighted by atomic mass is 16.2. The van der Waals surface area contributed by atoms with E-state index in [1.165, 1.54) is 25.7 Å². The Kier molecular flexibility index (Phi) is 6.84. The molecule has 1 aliphatic heterocycles. The van der Waals surface area contributed by atoms with Gasteiger partial charge in [-0.3, -0.25) is 9.69 Å². The molecule has 0 radical (unpaired) electrons. The van der Waals surface area contributed by atoms with Gasteiger partial charge in [0.05, 0.1) is 6.54 Å². The number of nitrogens with zero attached hydrogens (tertiary/aromatic N) is 2. The third-order valence-corrected chi connectivity index (χ3v) is 5.39. The number of hydrogen-bond donors (Lipinski definition) is 0. The van der Waals surface area contributed by atoms with Crippen molar-refractivity contribution >= 4 is 11.6 Å². The standard InChI is InChI=1S/C23H30N2O/c1-2-21-13-9-10-17-24(21)18-16-23(26)25(22-14-7-4-8-15-22)19-20-11-5-3-6-12-20/h3-8,11-12,14-15,21H,2,9-10,13,16-19H2,1H3. The predicted molar refractivity (Wildman–Crippen MR) is 108 cm³/mol. The van der Waals surface area contributed by atoms with Crippen LogP contribution in [0.15, 0.2) is 60.7 Å². The second kappa shape index (κ2) is 9.54. The van der Waals surface area contributed by atoms with E-state index in [1.807, 2.05) is 53.4 Å². The van der Waals surface area contributed by atoms with Gasteiger partial charge < -0.3 is 4.90 Å². The Morgan fingerprint density at radius 1 is 1.04 bits per heavy atom. The van der Waals surface area contributed by atoms with E-state index in [4.69, 9.17) is 0 Å². The van der Waals surface area contributed by atoms with E-state index in [0.717, 1.165) is 24.3 Å². The SMILES string of the molecule is CCC1CCCCN1CCC(=O)N(Cc1ccccc1)c1ccccc1. The normalized spacial score (nSPS) is 17.8. The summed E-state index contributed by atoms with van der Waals surface area (Å²) in [7, 11) is 0. The average molecular weight is 351 g/mol. The molecule has 1 amide bonds. The third-order valence-electron chi connectivity index (χ3n) is 5.39. The van der Waals surface area contributed by atoms with E-state index < -0.39 is 0 Å². The number of carbonyl (C=O) groups excluding carboxylic acids is 1. The smallest absolute Gasteiger partial charge is 0.228 e. The molecule has 3 rings (SSSR count). The van der Waals surface area contributed by atoms with Crippen molar-refractivity contribution in [3.8, 4) is 0 Å². The summed E-state index contributed by atoms with van der Waals surface area (Å²) < 4.78 is 0. The minimum Gasteiger partial charge on any atom is -0.308 e. The van der Waals surface area contributed by atoms with Gasteiger partial charge in [0, 0.05) is 24.7 Å². The van der Waals surface area contributed by atoms with Crippen molar-refractivity contribution in [1.82, 2.24) is 4.90 Å². The number of para-hydroxylation sites is 1. The van der Waals surface area contributed by atoms with E-state index in [2.05, 4.69) is 24.0 Å². The number of likely N-dealkylation sites (tertiary alicyclic amines) is 1. The largest absolute Gasteiger partial charge is 0.308 e. The lowest BCUT2D eigenvalue weighted by molar-refractivity contribution is -0.119. The Morgan fingerprint density at radius 2 is 1.73 bits per heavy atom. The zero-order chi connectivity index (χ0) is 18.2. The summed E-state index contributed by atoms with van der Waals surface area (Å²) in [5.41, 5.74) is 2.14. The molecular weight excluding hydrogens is 320 g/mol. The van der Waals surface area contributed by atoms with Crippen LogP contribution in [-0.4, -0.2) is 29.9 Å². The molecule has 1 aliphatic rings. The van der Waals surface area contributed by atoms with E-state index in [0.29, 0.717) is 19.0 Å². The first-order valence-corrected chi connectivity index (χ1v) is 9.91. The Hall–Kier alpha value is -2.13. The van der Waals surface area contributed by atoms with Gasteiger partial charge in [-0.2, -0.15) is 0 Å². The second-order valence-corrected chi connectivity index (χ2v) is 7.14. The van der Waals surface area contributed by atoms with Crippen LogP contribution < -0.4 is 4.90 Å². The number of piperidine rings is 1. The predicted octanol–water partition coefficient (Wildman–Crippen LogP) is 4.87. The minimum atomic E-state index is 0.209. The molecular formula is C23H30N2O. The number of amides is 1. The van der Waals surface area contributed by atoms with Crippen LogP contribution >= 0.6 is 0 Å². The first-order valence-electron chi connectivity index (χ1n) is 9.91. The highest BCUT2D eigenvalue weighted by Gasteiger charge is 2.23. The van der Waals surface area contributed by atoms with Crippen molar-refractivity contribution in [1.29, 1.82) is 0 Å². The summed E-state index contributed by atoms with van der Waals surface area (Å²) in [6, 6.07) is 20.9. The zero-order valence-corrected chi connectivity index (χ0v) is 15.8. The van der Waals surface area contributed by atoms with E-state index in [1.54, 1.807) is 0 Å². The Labute approximate surface area is 157 Å². The molecule has 0 spiro atoms. The van der Waals surface area contributed by atoms with Crippen molar-refractivity contribution in [3.05, 3.63) is 66.2 Å². The lowest BCUT2D eigenvalue weighted by Crippen LogP contribution is -2.41. The molecule has 0 aromatic heterocycles. The monoisotopic (exact) mass is 350 g/mol. The van der Waals surface area contributed by atoms with Gasteiger partial charge in [-0.15, -0.1) is 0 Å². The molecule has 3 heteroatoms. The van der Waals surface area contributed by atoms with Crippen LogP contribution in [0, 0.1) is 0 Å². The number of carbonyl (C=O) groups is 1. The maximum Gasteiger partial charge on any atom is 0.228 e. The third kappa shape index (κ3) is 4.95. The maximum absolute atomic E-state index is 13.1. The van der Waals surface area contributed by atoms with Crippen LogP contribution in [0.4, 0.5) is 5.69 Å². The van der Waals surface area contributed by atoms with Gasteiger partial charge in [-0.05, 0) is 43.5 Å². The topological polar surface area (TPSA) is 23.6 Å². The van der Waals surface area contributed by atoms with E-state index in [9.17, 15) is 4.79 Å². The second-order valence-electron chi connectivity index (χ2n) is 7.14. The highest BCUT2D eigenvalue weighted by Crippen LogP contribution is 2.21. The summed E-state index contributed by atoms with van der Waals surface area (Å²) in [6.07, 6.45) is 5.63. The van der Waals surface area contributed by atoms with Gasteiger partial charge in [0.15, 0.2) is 0 Å². The zero-order valence-electron chi connectivity index (χ0n) is 15.8. The molecule has 1 saturated heterocycles. The van der Waals surface area contributed by atoms with Gasteiger partial charge in [0.25, 0.3) is 0 Å². The number of rotatable bonds is 7. The van der Waals surface area contributed by atoms with Crippen LogP contribution in [0.3, 0.4) is 0 Å². The van der Waals surface area contributed by atoms with E-state index >= 15 is 0 Å². The molecule has 2 aromatic carbocycles. The quantitative estimate of drug-likeness (QED) is 0.711. The van der Waals surface area contributed by atoms with Gasteiger partial charge in [-0.1, -0.05) is 61.9 Å². The number of benzene rings is 2.